The first-order valence-electron chi connectivity index (χ1n) is 8.96. The van der Waals surface area contributed by atoms with E-state index < -0.39 is 24.2 Å². The van der Waals surface area contributed by atoms with Crippen molar-refractivity contribution in [2.75, 3.05) is 10.6 Å². The van der Waals surface area contributed by atoms with Gasteiger partial charge in [0, 0.05) is 27.7 Å². The summed E-state index contributed by atoms with van der Waals surface area (Å²) in [7, 11) is 0. The third-order valence-corrected chi connectivity index (χ3v) is 5.58. The molecule has 0 unspecified atom stereocenters. The van der Waals surface area contributed by atoms with Crippen molar-refractivity contribution in [1.82, 2.24) is 9.78 Å². The number of nitrogens with zero attached hydrogens (tertiary/aromatic N) is 2. The van der Waals surface area contributed by atoms with Crippen LogP contribution in [0.1, 0.15) is 34.6 Å². The van der Waals surface area contributed by atoms with E-state index in [1.807, 2.05) is 0 Å². The summed E-state index contributed by atoms with van der Waals surface area (Å²) in [4.78, 5) is 12.5. The standard InChI is InChI=1S/C20H15BrClF3N4O/c21-12-3-1-11(2-4-12)15-9-17(20(23,24)25)29-18(27-15)10-16(28-29)19(30)26-14-7-5-13(22)6-8-14/h1-8,10,15,17,27H,9H2,(H,26,30)/t15-,17+/m1/s1. The fraction of sp³-hybridized carbons (Fsp3) is 0.200. The van der Waals surface area contributed by atoms with Crippen LogP contribution in [0.2, 0.25) is 5.02 Å². The molecule has 0 aliphatic carbocycles. The summed E-state index contributed by atoms with van der Waals surface area (Å²) in [6, 6.07) is 12.4. The van der Waals surface area contributed by atoms with Crippen molar-refractivity contribution in [2.24, 2.45) is 0 Å². The van der Waals surface area contributed by atoms with Crippen LogP contribution in [-0.2, 0) is 0 Å². The molecule has 2 aromatic carbocycles. The second-order valence-corrected chi connectivity index (χ2v) is 8.21. The number of halogens is 5. The highest BCUT2D eigenvalue weighted by Crippen LogP contribution is 2.43. The highest BCUT2D eigenvalue weighted by molar-refractivity contribution is 9.10. The highest BCUT2D eigenvalue weighted by atomic mass is 79.9. The molecule has 0 bridgehead atoms. The van der Waals surface area contributed by atoms with Crippen molar-refractivity contribution in [1.29, 1.82) is 0 Å². The lowest BCUT2D eigenvalue weighted by Crippen LogP contribution is -2.35. The van der Waals surface area contributed by atoms with Gasteiger partial charge < -0.3 is 10.6 Å². The first kappa shape index (κ1) is 20.7. The number of nitrogens with one attached hydrogen (secondary N) is 2. The number of benzene rings is 2. The van der Waals surface area contributed by atoms with Crippen molar-refractivity contribution in [3.63, 3.8) is 0 Å². The van der Waals surface area contributed by atoms with Gasteiger partial charge >= 0.3 is 6.18 Å². The third-order valence-electron chi connectivity index (χ3n) is 4.80. The zero-order valence-electron chi connectivity index (χ0n) is 15.3. The summed E-state index contributed by atoms with van der Waals surface area (Å²) < 4.78 is 43.0. The van der Waals surface area contributed by atoms with E-state index in [1.54, 1.807) is 48.5 Å². The van der Waals surface area contributed by atoms with Gasteiger partial charge in [-0.3, -0.25) is 4.79 Å². The van der Waals surface area contributed by atoms with Crippen molar-refractivity contribution < 1.29 is 18.0 Å². The zero-order valence-corrected chi connectivity index (χ0v) is 17.6. The summed E-state index contributed by atoms with van der Waals surface area (Å²) in [5.41, 5.74) is 1.06. The molecule has 0 saturated heterocycles. The number of hydrogen-bond acceptors (Lipinski definition) is 3. The van der Waals surface area contributed by atoms with Gasteiger partial charge in [-0.2, -0.15) is 18.3 Å². The molecule has 2 heterocycles. The molecule has 2 atom stereocenters. The van der Waals surface area contributed by atoms with Gasteiger partial charge in [-0.05, 0) is 42.0 Å². The molecule has 1 aliphatic rings. The lowest BCUT2D eigenvalue weighted by Gasteiger charge is -2.33. The zero-order chi connectivity index (χ0) is 21.5. The molecule has 30 heavy (non-hydrogen) atoms. The van der Waals surface area contributed by atoms with Gasteiger partial charge in [0.1, 0.15) is 5.82 Å². The van der Waals surface area contributed by atoms with Gasteiger partial charge in [0.05, 0.1) is 6.04 Å². The molecule has 0 saturated carbocycles. The molecule has 1 amide bonds. The van der Waals surface area contributed by atoms with Crippen molar-refractivity contribution in [3.8, 4) is 0 Å². The number of carbonyl (C=O) groups excluding carboxylic acids is 1. The summed E-state index contributed by atoms with van der Waals surface area (Å²) in [6.07, 6.45) is -4.75. The van der Waals surface area contributed by atoms with Crippen LogP contribution in [0.3, 0.4) is 0 Å². The Labute approximate surface area is 183 Å². The van der Waals surface area contributed by atoms with Crippen LogP contribution in [0.25, 0.3) is 0 Å². The summed E-state index contributed by atoms with van der Waals surface area (Å²) in [5, 5.41) is 10.1. The molecule has 156 valence electrons. The largest absolute Gasteiger partial charge is 0.410 e. The Morgan fingerprint density at radius 2 is 1.83 bits per heavy atom. The molecule has 3 aromatic rings. The number of rotatable bonds is 3. The van der Waals surface area contributed by atoms with E-state index >= 15 is 0 Å². The van der Waals surface area contributed by atoms with Crippen molar-refractivity contribution >= 4 is 44.9 Å². The fourth-order valence-corrected chi connectivity index (χ4v) is 3.72. The quantitative estimate of drug-likeness (QED) is 0.450. The summed E-state index contributed by atoms with van der Waals surface area (Å²) in [6.45, 7) is 0. The second kappa shape index (κ2) is 7.96. The number of amides is 1. The van der Waals surface area contributed by atoms with Crippen LogP contribution in [-0.4, -0.2) is 21.9 Å². The molecule has 1 aliphatic heterocycles. The van der Waals surface area contributed by atoms with Crippen LogP contribution in [0.5, 0.6) is 0 Å². The Morgan fingerprint density at radius 3 is 2.47 bits per heavy atom. The minimum absolute atomic E-state index is 0.113. The average molecular weight is 500 g/mol. The van der Waals surface area contributed by atoms with Gasteiger partial charge in [-0.15, -0.1) is 0 Å². The maximum atomic E-state index is 13.8. The number of alkyl halides is 3. The predicted molar refractivity (Wildman–Crippen MR) is 112 cm³/mol. The second-order valence-electron chi connectivity index (χ2n) is 6.86. The van der Waals surface area contributed by atoms with Gasteiger partial charge in [0.25, 0.3) is 5.91 Å². The molecular formula is C20H15BrClF3N4O. The normalized spacial score (nSPS) is 18.4. The molecule has 2 N–H and O–H groups in total. The molecule has 5 nitrogen and oxygen atoms in total. The maximum absolute atomic E-state index is 13.8. The molecule has 0 fully saturated rings. The maximum Gasteiger partial charge on any atom is 0.410 e. The monoisotopic (exact) mass is 498 g/mol. The SMILES string of the molecule is O=C(Nc1ccc(Cl)cc1)c1cc2n(n1)[C@H](C(F)(F)F)C[C@H](c1ccc(Br)cc1)N2. The molecular weight excluding hydrogens is 485 g/mol. The Bertz CT molecular complexity index is 1070. The smallest absolute Gasteiger partial charge is 0.363 e. The first-order valence-corrected chi connectivity index (χ1v) is 10.1. The molecule has 4 rings (SSSR count). The molecule has 1 aromatic heterocycles. The Morgan fingerprint density at radius 1 is 1.17 bits per heavy atom. The lowest BCUT2D eigenvalue weighted by molar-refractivity contribution is -0.173. The molecule has 0 spiro atoms. The topological polar surface area (TPSA) is 59.0 Å². The minimum atomic E-state index is -4.51. The van der Waals surface area contributed by atoms with Gasteiger partial charge in [-0.25, -0.2) is 4.68 Å². The number of carbonyl (C=O) groups is 1. The highest BCUT2D eigenvalue weighted by Gasteiger charge is 2.46. The van der Waals surface area contributed by atoms with Gasteiger partial charge in [-0.1, -0.05) is 39.7 Å². The minimum Gasteiger partial charge on any atom is -0.363 e. The van der Waals surface area contributed by atoms with Crippen LogP contribution in [0, 0.1) is 0 Å². The van der Waals surface area contributed by atoms with E-state index in [9.17, 15) is 18.0 Å². The van der Waals surface area contributed by atoms with Gasteiger partial charge in [0.15, 0.2) is 11.7 Å². The third kappa shape index (κ3) is 4.32. The predicted octanol–water partition coefficient (Wildman–Crippen LogP) is 6.21. The van der Waals surface area contributed by atoms with Crippen LogP contribution < -0.4 is 10.6 Å². The van der Waals surface area contributed by atoms with Crippen molar-refractivity contribution in [2.45, 2.75) is 24.7 Å². The van der Waals surface area contributed by atoms with E-state index in [2.05, 4.69) is 31.7 Å². The van der Waals surface area contributed by atoms with Crippen molar-refractivity contribution in [3.05, 3.63) is 75.4 Å². The Hall–Kier alpha value is -2.52. The number of anilines is 2. The van der Waals surface area contributed by atoms with Gasteiger partial charge in [0.2, 0.25) is 0 Å². The van der Waals surface area contributed by atoms with E-state index in [4.69, 9.17) is 11.6 Å². The Balaban J connectivity index is 1.63. The van der Waals surface area contributed by atoms with Crippen LogP contribution >= 0.6 is 27.5 Å². The summed E-state index contributed by atoms with van der Waals surface area (Å²) >= 11 is 9.14. The average Bonchev–Trinajstić information content (AvgIpc) is 3.13. The fourth-order valence-electron chi connectivity index (χ4n) is 3.33. The first-order chi connectivity index (χ1) is 14.2. The number of fused-ring (bicyclic) bond motifs is 1. The van der Waals surface area contributed by atoms with E-state index in [0.29, 0.717) is 16.3 Å². The summed E-state index contributed by atoms with van der Waals surface area (Å²) in [5.74, 6) is -0.472. The number of hydrogen-bond donors (Lipinski definition) is 2. The van der Waals surface area contributed by atoms with E-state index in [1.165, 1.54) is 6.07 Å². The number of aromatic nitrogens is 2. The van der Waals surface area contributed by atoms with E-state index in [0.717, 1.165) is 9.15 Å². The Kier molecular flexibility index (Phi) is 5.50. The van der Waals surface area contributed by atoms with Crippen LogP contribution in [0.15, 0.2) is 59.1 Å². The van der Waals surface area contributed by atoms with Crippen LogP contribution in [0.4, 0.5) is 24.7 Å². The lowest BCUT2D eigenvalue weighted by atomic mass is 9.97. The van der Waals surface area contributed by atoms with E-state index in [-0.39, 0.29) is 17.9 Å². The molecule has 10 heteroatoms. The molecule has 0 radical (unpaired) electrons.